The van der Waals surface area contributed by atoms with E-state index in [2.05, 4.69) is 0 Å². The average Bonchev–Trinajstić information content (AvgIpc) is 2.33. The van der Waals surface area contributed by atoms with E-state index in [4.69, 9.17) is 23.2 Å². The highest BCUT2D eigenvalue weighted by Crippen LogP contribution is 2.35. The minimum absolute atomic E-state index is 0.262. The van der Waals surface area contributed by atoms with E-state index in [0.717, 1.165) is 11.1 Å². The molecule has 0 radical (unpaired) electrons. The van der Waals surface area contributed by atoms with Gasteiger partial charge in [-0.1, -0.05) is 41.4 Å². The first-order valence-corrected chi connectivity index (χ1v) is 6.17. The summed E-state index contributed by atoms with van der Waals surface area (Å²) in [6.07, 6.45) is 0. The summed E-state index contributed by atoms with van der Waals surface area (Å²) in [6.45, 7) is 0. The first kappa shape index (κ1) is 13.2. The number of hydrogen-bond donors (Lipinski definition) is 0. The summed E-state index contributed by atoms with van der Waals surface area (Å²) in [4.78, 5) is 1.72. The number of anilines is 1. The van der Waals surface area contributed by atoms with Gasteiger partial charge in [0.2, 0.25) is 0 Å². The molecule has 0 aliphatic heterocycles. The summed E-state index contributed by atoms with van der Waals surface area (Å²) in [7, 11) is 3.59. The zero-order chi connectivity index (χ0) is 13.3. The van der Waals surface area contributed by atoms with Crippen molar-refractivity contribution in [3.8, 4) is 11.1 Å². The van der Waals surface area contributed by atoms with Crippen molar-refractivity contribution in [1.82, 2.24) is 0 Å². The fourth-order valence-corrected chi connectivity index (χ4v) is 2.16. The van der Waals surface area contributed by atoms with Gasteiger partial charge in [0.15, 0.2) is 0 Å². The highest BCUT2D eigenvalue weighted by molar-refractivity contribution is 6.43. The lowest BCUT2D eigenvalue weighted by Crippen LogP contribution is -2.10. The molecule has 0 aliphatic carbocycles. The lowest BCUT2D eigenvalue weighted by Gasteiger charge is -2.15. The van der Waals surface area contributed by atoms with Gasteiger partial charge < -0.3 is 4.90 Å². The molecule has 0 aromatic heterocycles. The van der Waals surface area contributed by atoms with Crippen LogP contribution in [-0.2, 0) is 0 Å². The Bertz CT molecular complexity index is 582. The summed E-state index contributed by atoms with van der Waals surface area (Å²) < 4.78 is 13.6. The third-order valence-electron chi connectivity index (χ3n) is 2.69. The van der Waals surface area contributed by atoms with Crippen molar-refractivity contribution < 1.29 is 4.39 Å². The molecule has 0 saturated heterocycles. The van der Waals surface area contributed by atoms with E-state index in [1.54, 1.807) is 37.2 Å². The Morgan fingerprint density at radius 1 is 1.06 bits per heavy atom. The fourth-order valence-electron chi connectivity index (χ4n) is 1.75. The Hall–Kier alpha value is -1.25. The second-order valence-corrected chi connectivity index (χ2v) is 4.95. The molecule has 0 saturated carbocycles. The maximum Gasteiger partial charge on any atom is 0.146 e. The monoisotopic (exact) mass is 283 g/mol. The van der Waals surface area contributed by atoms with Crippen LogP contribution in [0.5, 0.6) is 0 Å². The van der Waals surface area contributed by atoms with Crippen LogP contribution in [0.4, 0.5) is 10.1 Å². The summed E-state index contributed by atoms with van der Waals surface area (Å²) in [5, 5.41) is 0.973. The van der Waals surface area contributed by atoms with Crippen molar-refractivity contribution in [2.75, 3.05) is 19.0 Å². The van der Waals surface area contributed by atoms with Crippen molar-refractivity contribution in [2.24, 2.45) is 0 Å². The number of rotatable bonds is 2. The van der Waals surface area contributed by atoms with E-state index in [1.807, 2.05) is 12.1 Å². The Kier molecular flexibility index (Phi) is 3.79. The van der Waals surface area contributed by atoms with Gasteiger partial charge in [0.05, 0.1) is 15.7 Å². The molecule has 1 nitrogen and oxygen atoms in total. The summed E-state index contributed by atoms with van der Waals surface area (Å²) in [5.74, 6) is -0.262. The summed E-state index contributed by atoms with van der Waals surface area (Å²) >= 11 is 12.1. The number of benzene rings is 2. The molecule has 2 aromatic rings. The topological polar surface area (TPSA) is 3.24 Å². The predicted octanol–water partition coefficient (Wildman–Crippen LogP) is 4.87. The zero-order valence-electron chi connectivity index (χ0n) is 10.0. The van der Waals surface area contributed by atoms with Gasteiger partial charge in [0, 0.05) is 19.7 Å². The zero-order valence-corrected chi connectivity index (χ0v) is 11.6. The van der Waals surface area contributed by atoms with E-state index < -0.39 is 0 Å². The van der Waals surface area contributed by atoms with Gasteiger partial charge in [0.25, 0.3) is 0 Å². The molecule has 94 valence electrons. The van der Waals surface area contributed by atoms with Crippen molar-refractivity contribution in [3.05, 3.63) is 52.3 Å². The maximum atomic E-state index is 13.6. The minimum atomic E-state index is -0.262. The van der Waals surface area contributed by atoms with E-state index in [1.165, 1.54) is 6.07 Å². The predicted molar refractivity (Wildman–Crippen MR) is 76.2 cm³/mol. The van der Waals surface area contributed by atoms with E-state index in [0.29, 0.717) is 15.7 Å². The fraction of sp³-hybridized carbons (Fsp3) is 0.143. The van der Waals surface area contributed by atoms with Crippen LogP contribution in [0.3, 0.4) is 0 Å². The Morgan fingerprint density at radius 2 is 1.78 bits per heavy atom. The van der Waals surface area contributed by atoms with Gasteiger partial charge in [-0.25, -0.2) is 4.39 Å². The minimum Gasteiger partial charge on any atom is -0.375 e. The normalized spacial score (nSPS) is 10.5. The van der Waals surface area contributed by atoms with Crippen LogP contribution in [0.2, 0.25) is 10.0 Å². The van der Waals surface area contributed by atoms with Crippen LogP contribution in [-0.4, -0.2) is 14.1 Å². The molecule has 0 fully saturated rings. The number of halogens is 3. The molecule has 0 N–H and O–H groups in total. The molecular weight excluding hydrogens is 272 g/mol. The molecule has 0 spiro atoms. The highest BCUT2D eigenvalue weighted by Gasteiger charge is 2.10. The largest absolute Gasteiger partial charge is 0.375 e. The quantitative estimate of drug-likeness (QED) is 0.760. The van der Waals surface area contributed by atoms with Crippen LogP contribution < -0.4 is 4.90 Å². The van der Waals surface area contributed by atoms with Gasteiger partial charge in [-0.3, -0.25) is 0 Å². The first-order chi connectivity index (χ1) is 8.50. The second-order valence-electron chi connectivity index (χ2n) is 4.16. The van der Waals surface area contributed by atoms with Gasteiger partial charge in [-0.15, -0.1) is 0 Å². The molecule has 0 amide bonds. The molecule has 2 aromatic carbocycles. The SMILES string of the molecule is CN(C)c1cc(-c2cccc(Cl)c2Cl)ccc1F. The Balaban J connectivity index is 2.58. The lowest BCUT2D eigenvalue weighted by atomic mass is 10.0. The molecule has 2 rings (SSSR count). The molecule has 4 heteroatoms. The van der Waals surface area contributed by atoms with Crippen LogP contribution >= 0.6 is 23.2 Å². The van der Waals surface area contributed by atoms with Gasteiger partial charge >= 0.3 is 0 Å². The van der Waals surface area contributed by atoms with E-state index >= 15 is 0 Å². The number of hydrogen-bond acceptors (Lipinski definition) is 1. The Labute approximate surface area is 116 Å². The van der Waals surface area contributed by atoms with Crippen LogP contribution in [0, 0.1) is 5.82 Å². The van der Waals surface area contributed by atoms with Crippen molar-refractivity contribution in [1.29, 1.82) is 0 Å². The van der Waals surface area contributed by atoms with Crippen LogP contribution in [0.15, 0.2) is 36.4 Å². The van der Waals surface area contributed by atoms with Gasteiger partial charge in [0.1, 0.15) is 5.82 Å². The summed E-state index contributed by atoms with van der Waals surface area (Å²) in [6, 6.07) is 10.3. The standard InChI is InChI=1S/C14H12Cl2FN/c1-18(2)13-8-9(6-7-12(13)17)10-4-3-5-11(15)14(10)16/h3-8H,1-2H3. The molecule has 0 unspecified atom stereocenters. The molecule has 18 heavy (non-hydrogen) atoms. The van der Waals surface area contributed by atoms with Crippen molar-refractivity contribution >= 4 is 28.9 Å². The van der Waals surface area contributed by atoms with E-state index in [9.17, 15) is 4.39 Å². The highest BCUT2D eigenvalue weighted by atomic mass is 35.5. The Morgan fingerprint density at radius 3 is 2.44 bits per heavy atom. The van der Waals surface area contributed by atoms with E-state index in [-0.39, 0.29) is 5.82 Å². The second kappa shape index (κ2) is 5.17. The maximum absolute atomic E-state index is 13.6. The van der Waals surface area contributed by atoms with Gasteiger partial charge in [-0.2, -0.15) is 0 Å². The molecule has 0 bridgehead atoms. The average molecular weight is 284 g/mol. The van der Waals surface area contributed by atoms with Crippen LogP contribution in [0.1, 0.15) is 0 Å². The molecule has 0 heterocycles. The third kappa shape index (κ3) is 2.45. The lowest BCUT2D eigenvalue weighted by molar-refractivity contribution is 0.626. The summed E-state index contributed by atoms with van der Waals surface area (Å²) in [5.41, 5.74) is 2.16. The number of nitrogens with zero attached hydrogens (tertiary/aromatic N) is 1. The molecular formula is C14H12Cl2FN. The first-order valence-electron chi connectivity index (χ1n) is 5.42. The third-order valence-corrected chi connectivity index (χ3v) is 3.51. The molecule has 0 atom stereocenters. The van der Waals surface area contributed by atoms with Crippen molar-refractivity contribution in [2.45, 2.75) is 0 Å². The van der Waals surface area contributed by atoms with Gasteiger partial charge in [-0.05, 0) is 23.8 Å². The van der Waals surface area contributed by atoms with Crippen LogP contribution in [0.25, 0.3) is 11.1 Å². The molecule has 0 aliphatic rings. The smallest absolute Gasteiger partial charge is 0.146 e. The van der Waals surface area contributed by atoms with Crippen molar-refractivity contribution in [3.63, 3.8) is 0 Å².